The van der Waals surface area contributed by atoms with Crippen molar-refractivity contribution in [3.05, 3.63) is 0 Å². The third-order valence-corrected chi connectivity index (χ3v) is 2.51. The van der Waals surface area contributed by atoms with Gasteiger partial charge in [-0.2, -0.15) is 0 Å². The summed E-state index contributed by atoms with van der Waals surface area (Å²) in [6.07, 6.45) is 1.97. The minimum atomic E-state index is -0.0277. The SMILES string of the molecule is COCCCN1CCCNC(C)C1=O. The van der Waals surface area contributed by atoms with E-state index < -0.39 is 0 Å². The highest BCUT2D eigenvalue weighted by Crippen LogP contribution is 2.03. The highest BCUT2D eigenvalue weighted by atomic mass is 16.5. The maximum atomic E-state index is 11.8. The standard InChI is InChI=1S/C10H20N2O2/c1-9-10(13)12(6-3-5-11-9)7-4-8-14-2/h9,11H,3-8H2,1-2H3. The van der Waals surface area contributed by atoms with Crippen molar-refractivity contribution in [3.63, 3.8) is 0 Å². The Morgan fingerprint density at radius 3 is 3.14 bits per heavy atom. The van der Waals surface area contributed by atoms with Crippen molar-refractivity contribution in [2.45, 2.75) is 25.8 Å². The van der Waals surface area contributed by atoms with Gasteiger partial charge < -0.3 is 15.0 Å². The highest BCUT2D eigenvalue weighted by Gasteiger charge is 2.21. The van der Waals surface area contributed by atoms with Crippen molar-refractivity contribution in [2.75, 3.05) is 33.4 Å². The molecule has 1 atom stereocenters. The van der Waals surface area contributed by atoms with Crippen LogP contribution in [-0.4, -0.2) is 50.2 Å². The molecule has 0 radical (unpaired) electrons. The minimum absolute atomic E-state index is 0.0277. The van der Waals surface area contributed by atoms with Crippen LogP contribution in [0.25, 0.3) is 0 Å². The van der Waals surface area contributed by atoms with Crippen LogP contribution in [0.3, 0.4) is 0 Å². The van der Waals surface area contributed by atoms with E-state index in [4.69, 9.17) is 4.74 Å². The Labute approximate surface area is 85.6 Å². The normalized spacial score (nSPS) is 23.7. The van der Waals surface area contributed by atoms with Gasteiger partial charge in [-0.25, -0.2) is 0 Å². The molecule has 1 aliphatic heterocycles. The first-order valence-corrected chi connectivity index (χ1v) is 5.27. The lowest BCUT2D eigenvalue weighted by Gasteiger charge is -2.22. The van der Waals surface area contributed by atoms with Gasteiger partial charge in [-0.15, -0.1) is 0 Å². The lowest BCUT2D eigenvalue weighted by molar-refractivity contribution is -0.132. The van der Waals surface area contributed by atoms with Crippen molar-refractivity contribution < 1.29 is 9.53 Å². The molecule has 0 aromatic heterocycles. The lowest BCUT2D eigenvalue weighted by atomic mass is 10.3. The Hall–Kier alpha value is -0.610. The van der Waals surface area contributed by atoms with Gasteiger partial charge in [0, 0.05) is 26.8 Å². The fourth-order valence-corrected chi connectivity index (χ4v) is 1.68. The number of nitrogens with one attached hydrogen (secondary N) is 1. The predicted octanol–water partition coefficient (Wildman–Crippen LogP) is 0.233. The van der Waals surface area contributed by atoms with Gasteiger partial charge in [0.15, 0.2) is 0 Å². The van der Waals surface area contributed by atoms with Crippen molar-refractivity contribution in [1.29, 1.82) is 0 Å². The average Bonchev–Trinajstić information content (AvgIpc) is 2.33. The highest BCUT2D eigenvalue weighted by molar-refractivity contribution is 5.81. The van der Waals surface area contributed by atoms with Crippen LogP contribution in [0.4, 0.5) is 0 Å². The molecule has 0 aromatic rings. The van der Waals surface area contributed by atoms with Gasteiger partial charge in [-0.3, -0.25) is 4.79 Å². The number of hydrogen-bond donors (Lipinski definition) is 1. The minimum Gasteiger partial charge on any atom is -0.385 e. The third-order valence-electron chi connectivity index (χ3n) is 2.51. The molecule has 1 saturated heterocycles. The van der Waals surface area contributed by atoms with E-state index in [-0.39, 0.29) is 11.9 Å². The number of carbonyl (C=O) groups is 1. The molecule has 1 amide bonds. The third kappa shape index (κ3) is 3.27. The maximum Gasteiger partial charge on any atom is 0.239 e. The lowest BCUT2D eigenvalue weighted by Crippen LogP contribution is -2.42. The van der Waals surface area contributed by atoms with E-state index in [0.717, 1.165) is 39.1 Å². The first kappa shape index (κ1) is 11.5. The summed E-state index contributed by atoms with van der Waals surface area (Å²) in [5, 5.41) is 3.19. The summed E-state index contributed by atoms with van der Waals surface area (Å²) in [6, 6.07) is -0.0277. The van der Waals surface area contributed by atoms with Gasteiger partial charge in [0.1, 0.15) is 0 Å². The molecule has 1 heterocycles. The van der Waals surface area contributed by atoms with E-state index in [1.807, 2.05) is 11.8 Å². The van der Waals surface area contributed by atoms with Gasteiger partial charge in [0.25, 0.3) is 0 Å². The van der Waals surface area contributed by atoms with Crippen LogP contribution in [0.2, 0.25) is 0 Å². The van der Waals surface area contributed by atoms with E-state index >= 15 is 0 Å². The molecule has 1 fully saturated rings. The van der Waals surface area contributed by atoms with Crippen molar-refractivity contribution in [1.82, 2.24) is 10.2 Å². The summed E-state index contributed by atoms with van der Waals surface area (Å²) in [4.78, 5) is 13.7. The number of nitrogens with zero attached hydrogens (tertiary/aromatic N) is 1. The van der Waals surface area contributed by atoms with Gasteiger partial charge in [0.2, 0.25) is 5.91 Å². The summed E-state index contributed by atoms with van der Waals surface area (Å²) in [6.45, 7) is 5.29. The Morgan fingerprint density at radius 2 is 2.43 bits per heavy atom. The molecule has 4 nitrogen and oxygen atoms in total. The Balaban J connectivity index is 2.36. The van der Waals surface area contributed by atoms with Crippen molar-refractivity contribution in [2.24, 2.45) is 0 Å². The van der Waals surface area contributed by atoms with E-state index in [2.05, 4.69) is 5.32 Å². The molecule has 1 aliphatic rings. The summed E-state index contributed by atoms with van der Waals surface area (Å²) in [5.74, 6) is 0.221. The van der Waals surface area contributed by atoms with Crippen molar-refractivity contribution >= 4 is 5.91 Å². The fourth-order valence-electron chi connectivity index (χ4n) is 1.68. The molecule has 0 spiro atoms. The fraction of sp³-hybridized carbons (Fsp3) is 0.900. The van der Waals surface area contributed by atoms with Crippen LogP contribution in [-0.2, 0) is 9.53 Å². The molecule has 1 rings (SSSR count). The molecular formula is C10H20N2O2. The largest absolute Gasteiger partial charge is 0.385 e. The first-order chi connectivity index (χ1) is 6.75. The molecule has 1 unspecified atom stereocenters. The molecule has 0 aromatic carbocycles. The molecule has 1 N–H and O–H groups in total. The van der Waals surface area contributed by atoms with Gasteiger partial charge >= 0.3 is 0 Å². The van der Waals surface area contributed by atoms with Crippen LogP contribution in [0.15, 0.2) is 0 Å². The second-order valence-corrected chi connectivity index (χ2v) is 3.70. The quantitative estimate of drug-likeness (QED) is 0.661. The van der Waals surface area contributed by atoms with Crippen molar-refractivity contribution in [3.8, 4) is 0 Å². The molecule has 0 bridgehead atoms. The van der Waals surface area contributed by atoms with E-state index in [1.165, 1.54) is 0 Å². The zero-order valence-corrected chi connectivity index (χ0v) is 9.08. The number of methoxy groups -OCH3 is 1. The van der Waals surface area contributed by atoms with Crippen LogP contribution in [0, 0.1) is 0 Å². The topological polar surface area (TPSA) is 41.6 Å². The molecule has 4 heteroatoms. The van der Waals surface area contributed by atoms with E-state index in [0.29, 0.717) is 0 Å². The summed E-state index contributed by atoms with van der Waals surface area (Å²) >= 11 is 0. The molecule has 0 saturated carbocycles. The van der Waals surface area contributed by atoms with E-state index in [1.54, 1.807) is 7.11 Å². The number of carbonyl (C=O) groups excluding carboxylic acids is 1. The Morgan fingerprint density at radius 1 is 1.64 bits per heavy atom. The van der Waals surface area contributed by atoms with Gasteiger partial charge in [-0.05, 0) is 26.3 Å². The second kappa shape index (κ2) is 5.98. The zero-order valence-electron chi connectivity index (χ0n) is 9.08. The number of hydrogen-bond acceptors (Lipinski definition) is 3. The van der Waals surface area contributed by atoms with Crippen LogP contribution < -0.4 is 5.32 Å². The molecule has 0 aliphatic carbocycles. The maximum absolute atomic E-state index is 11.8. The number of amides is 1. The number of ether oxygens (including phenoxy) is 1. The Bertz CT molecular complexity index is 185. The van der Waals surface area contributed by atoms with Crippen LogP contribution in [0.1, 0.15) is 19.8 Å². The summed E-state index contributed by atoms with van der Waals surface area (Å²) in [5.41, 5.74) is 0. The molecular weight excluding hydrogens is 180 g/mol. The monoisotopic (exact) mass is 200 g/mol. The zero-order chi connectivity index (χ0) is 10.4. The second-order valence-electron chi connectivity index (χ2n) is 3.70. The van der Waals surface area contributed by atoms with E-state index in [9.17, 15) is 4.79 Å². The number of rotatable bonds is 4. The van der Waals surface area contributed by atoms with Gasteiger partial charge in [-0.1, -0.05) is 0 Å². The average molecular weight is 200 g/mol. The predicted molar refractivity (Wildman–Crippen MR) is 55.2 cm³/mol. The summed E-state index contributed by atoms with van der Waals surface area (Å²) in [7, 11) is 1.69. The Kier molecular flexibility index (Phi) is 4.90. The first-order valence-electron chi connectivity index (χ1n) is 5.27. The molecule has 14 heavy (non-hydrogen) atoms. The molecule has 82 valence electrons. The van der Waals surface area contributed by atoms with Gasteiger partial charge in [0.05, 0.1) is 6.04 Å². The van der Waals surface area contributed by atoms with Crippen LogP contribution >= 0.6 is 0 Å². The smallest absolute Gasteiger partial charge is 0.239 e. The summed E-state index contributed by atoms with van der Waals surface area (Å²) < 4.78 is 4.97. The van der Waals surface area contributed by atoms with Crippen LogP contribution in [0.5, 0.6) is 0 Å².